The number of ether oxygens (including phenoxy) is 1. The molecule has 3 heterocycles. The summed E-state index contributed by atoms with van der Waals surface area (Å²) in [7, 11) is 0. The van der Waals surface area contributed by atoms with Gasteiger partial charge in [0.15, 0.2) is 5.65 Å². The minimum Gasteiger partial charge on any atom is -0.439 e. The number of carbonyl (C=O) groups is 1. The van der Waals surface area contributed by atoms with E-state index >= 15 is 0 Å². The Hall–Kier alpha value is -5.04. The quantitative estimate of drug-likeness (QED) is 0.387. The van der Waals surface area contributed by atoms with Crippen molar-refractivity contribution in [3.8, 4) is 23.5 Å². The number of aryl methyl sites for hydroxylation is 1. The number of benzene rings is 2. The highest BCUT2D eigenvalue weighted by atomic mass is 16.5. The Labute approximate surface area is 194 Å². The van der Waals surface area contributed by atoms with Gasteiger partial charge in [-0.15, -0.1) is 10.2 Å². The van der Waals surface area contributed by atoms with Gasteiger partial charge in [0, 0.05) is 22.8 Å². The predicted molar refractivity (Wildman–Crippen MR) is 127 cm³/mol. The van der Waals surface area contributed by atoms with E-state index in [2.05, 4.69) is 47.6 Å². The van der Waals surface area contributed by atoms with Gasteiger partial charge in [0.25, 0.3) is 5.91 Å². The first kappa shape index (κ1) is 20.8. The van der Waals surface area contributed by atoms with E-state index in [1.165, 1.54) is 6.33 Å². The zero-order valence-corrected chi connectivity index (χ0v) is 18.3. The lowest BCUT2D eigenvalue weighted by atomic mass is 10.1. The van der Waals surface area contributed by atoms with Crippen molar-refractivity contribution in [1.29, 1.82) is 0 Å². The monoisotopic (exact) mass is 450 g/mol. The molecule has 2 N–H and O–H groups in total. The maximum atomic E-state index is 11.8. The number of amides is 1. The number of rotatable bonds is 5. The summed E-state index contributed by atoms with van der Waals surface area (Å²) in [6, 6.07) is 12.8. The van der Waals surface area contributed by atoms with E-state index in [0.29, 0.717) is 28.8 Å². The fourth-order valence-electron chi connectivity index (χ4n) is 3.37. The van der Waals surface area contributed by atoms with Crippen molar-refractivity contribution in [1.82, 2.24) is 29.5 Å². The van der Waals surface area contributed by atoms with Gasteiger partial charge in [0.1, 0.15) is 30.5 Å². The van der Waals surface area contributed by atoms with Crippen molar-refractivity contribution < 1.29 is 9.53 Å². The molecule has 0 aliphatic carbocycles. The zero-order chi connectivity index (χ0) is 23.5. The second-order valence-corrected chi connectivity index (χ2v) is 7.31. The Balaban J connectivity index is 1.39. The van der Waals surface area contributed by atoms with E-state index in [-0.39, 0.29) is 5.91 Å². The summed E-state index contributed by atoms with van der Waals surface area (Å²) in [5.41, 5.74) is 3.71. The molecule has 0 aliphatic heterocycles. The molecule has 166 valence electrons. The molecule has 0 unspecified atom stereocenters. The van der Waals surface area contributed by atoms with Gasteiger partial charge in [-0.2, -0.15) is 0 Å². The molecule has 3 aromatic heterocycles. The molecular formula is C24H18N8O2. The minimum absolute atomic E-state index is 0.378. The largest absolute Gasteiger partial charge is 0.439 e. The van der Waals surface area contributed by atoms with Crippen LogP contribution in [0.4, 0.5) is 17.2 Å². The summed E-state index contributed by atoms with van der Waals surface area (Å²) in [5.74, 6) is 6.36. The number of carbonyl (C=O) groups excluding carboxylic acids is 1. The normalized spacial score (nSPS) is 10.5. The Morgan fingerprint density at radius 3 is 2.76 bits per heavy atom. The van der Waals surface area contributed by atoms with E-state index in [1.807, 2.05) is 37.3 Å². The van der Waals surface area contributed by atoms with Crippen LogP contribution in [0.25, 0.3) is 16.6 Å². The highest BCUT2D eigenvalue weighted by molar-refractivity contribution is 6.05. The van der Waals surface area contributed by atoms with Crippen LogP contribution in [0.5, 0.6) is 11.6 Å². The second-order valence-electron chi connectivity index (χ2n) is 7.31. The molecule has 0 saturated heterocycles. The van der Waals surface area contributed by atoms with Crippen LogP contribution in [0.1, 0.15) is 12.5 Å². The van der Waals surface area contributed by atoms with Crippen LogP contribution in [0.15, 0.2) is 61.4 Å². The van der Waals surface area contributed by atoms with Crippen LogP contribution in [-0.2, 0) is 4.79 Å². The molecule has 1 amide bonds. The highest BCUT2D eigenvalue weighted by Crippen LogP contribution is 2.30. The molecule has 5 rings (SSSR count). The van der Waals surface area contributed by atoms with Crippen molar-refractivity contribution in [2.75, 3.05) is 10.6 Å². The number of hydrogen-bond donors (Lipinski definition) is 2. The van der Waals surface area contributed by atoms with Crippen LogP contribution < -0.4 is 15.4 Å². The average Bonchev–Trinajstić information content (AvgIpc) is 3.29. The lowest BCUT2D eigenvalue weighted by Gasteiger charge is -2.12. The Morgan fingerprint density at radius 1 is 1.03 bits per heavy atom. The number of aromatic nitrogens is 6. The highest BCUT2D eigenvalue weighted by Gasteiger charge is 2.10. The molecule has 0 atom stereocenters. The molecule has 5 aromatic rings. The minimum atomic E-state index is -0.378. The lowest BCUT2D eigenvalue weighted by molar-refractivity contribution is -0.111. The van der Waals surface area contributed by atoms with E-state index < -0.39 is 0 Å². The van der Waals surface area contributed by atoms with Gasteiger partial charge >= 0.3 is 0 Å². The Morgan fingerprint density at radius 2 is 1.91 bits per heavy atom. The zero-order valence-electron chi connectivity index (χ0n) is 18.3. The maximum absolute atomic E-state index is 11.8. The van der Waals surface area contributed by atoms with E-state index in [9.17, 15) is 4.79 Å². The molecule has 0 aliphatic rings. The third kappa shape index (κ3) is 4.31. The van der Waals surface area contributed by atoms with Crippen molar-refractivity contribution in [2.45, 2.75) is 13.8 Å². The SMILES string of the molecule is CC#CC(=O)Nc1ccc2ncnc(Nc3ccc(Oc4cc5nncn5cn4)c(C)c3)c2c1. The Kier molecular flexibility index (Phi) is 5.42. The first-order chi connectivity index (χ1) is 16.6. The van der Waals surface area contributed by atoms with E-state index in [0.717, 1.165) is 22.2 Å². The molecule has 10 heteroatoms. The first-order valence-electron chi connectivity index (χ1n) is 10.3. The molecule has 0 fully saturated rings. The Bertz CT molecular complexity index is 1600. The predicted octanol–water partition coefficient (Wildman–Crippen LogP) is 3.87. The third-order valence-electron chi connectivity index (χ3n) is 4.95. The van der Waals surface area contributed by atoms with E-state index in [4.69, 9.17) is 4.74 Å². The van der Waals surface area contributed by atoms with Gasteiger partial charge in [-0.25, -0.2) is 15.0 Å². The third-order valence-corrected chi connectivity index (χ3v) is 4.95. The number of nitrogens with zero attached hydrogens (tertiary/aromatic N) is 6. The average molecular weight is 450 g/mol. The summed E-state index contributed by atoms with van der Waals surface area (Å²) in [4.78, 5) is 24.8. The summed E-state index contributed by atoms with van der Waals surface area (Å²) < 4.78 is 7.64. The molecule has 34 heavy (non-hydrogen) atoms. The fraction of sp³-hybridized carbons (Fsp3) is 0.0833. The maximum Gasteiger partial charge on any atom is 0.300 e. The van der Waals surface area contributed by atoms with Crippen molar-refractivity contribution >= 4 is 39.6 Å². The number of anilines is 3. The lowest BCUT2D eigenvalue weighted by Crippen LogP contribution is -2.08. The van der Waals surface area contributed by atoms with Gasteiger partial charge in [-0.05, 0) is 61.7 Å². The van der Waals surface area contributed by atoms with Crippen molar-refractivity contribution in [3.05, 3.63) is 67.0 Å². The summed E-state index contributed by atoms with van der Waals surface area (Å²) in [5, 5.41) is 14.7. The molecular weight excluding hydrogens is 432 g/mol. The number of hydrogen-bond acceptors (Lipinski definition) is 8. The van der Waals surface area contributed by atoms with Gasteiger partial charge in [0.05, 0.1) is 5.52 Å². The van der Waals surface area contributed by atoms with Gasteiger partial charge < -0.3 is 15.4 Å². The molecule has 10 nitrogen and oxygen atoms in total. The summed E-state index contributed by atoms with van der Waals surface area (Å²) >= 11 is 0. The second kappa shape index (κ2) is 8.84. The molecule has 0 radical (unpaired) electrons. The molecule has 0 spiro atoms. The van der Waals surface area contributed by atoms with Crippen LogP contribution >= 0.6 is 0 Å². The number of fused-ring (bicyclic) bond motifs is 2. The van der Waals surface area contributed by atoms with Crippen LogP contribution in [0, 0.1) is 18.8 Å². The molecule has 0 saturated carbocycles. The van der Waals surface area contributed by atoms with Gasteiger partial charge in [-0.1, -0.05) is 5.92 Å². The van der Waals surface area contributed by atoms with Crippen LogP contribution in [0.3, 0.4) is 0 Å². The van der Waals surface area contributed by atoms with Crippen LogP contribution in [0.2, 0.25) is 0 Å². The summed E-state index contributed by atoms with van der Waals surface area (Å²) in [6.07, 6.45) is 4.66. The molecule has 0 bridgehead atoms. The summed E-state index contributed by atoms with van der Waals surface area (Å²) in [6.45, 7) is 3.55. The smallest absolute Gasteiger partial charge is 0.300 e. The first-order valence-corrected chi connectivity index (χ1v) is 10.3. The van der Waals surface area contributed by atoms with E-state index in [1.54, 1.807) is 36.1 Å². The number of nitrogens with one attached hydrogen (secondary N) is 2. The molecule has 2 aromatic carbocycles. The topological polar surface area (TPSA) is 119 Å². The van der Waals surface area contributed by atoms with Crippen LogP contribution in [-0.4, -0.2) is 35.5 Å². The van der Waals surface area contributed by atoms with Gasteiger partial charge in [0.2, 0.25) is 5.88 Å². The van der Waals surface area contributed by atoms with Gasteiger partial charge in [-0.3, -0.25) is 9.20 Å². The van der Waals surface area contributed by atoms with Crippen molar-refractivity contribution in [2.24, 2.45) is 0 Å². The van der Waals surface area contributed by atoms with Crippen molar-refractivity contribution in [3.63, 3.8) is 0 Å². The standard InChI is InChI=1S/C24H18N8O2/c1-3-4-22(33)29-17-5-7-19-18(10-17)24(26-12-25-19)30-16-6-8-20(15(2)9-16)34-23-11-21-31-28-14-32(21)13-27-23/h5-14H,1-2H3,(H,29,33)(H,25,26,30). The fourth-order valence-corrected chi connectivity index (χ4v) is 3.37.